The summed E-state index contributed by atoms with van der Waals surface area (Å²) in [6.45, 7) is 1.93. The van der Waals surface area contributed by atoms with Gasteiger partial charge in [-0.05, 0) is 49.7 Å². The number of amides is 1. The van der Waals surface area contributed by atoms with Crippen molar-refractivity contribution in [2.45, 2.75) is 26.2 Å². The molecule has 0 aliphatic carbocycles. The Morgan fingerprint density at radius 3 is 2.72 bits per heavy atom. The van der Waals surface area contributed by atoms with Crippen LogP contribution < -0.4 is 5.32 Å². The molecular formula is C22H19ClN4O2. The molecule has 0 spiro atoms. The molecule has 0 aliphatic heterocycles. The van der Waals surface area contributed by atoms with Crippen molar-refractivity contribution in [1.82, 2.24) is 15.1 Å². The smallest absolute Gasteiger partial charge is 0.226 e. The molecule has 0 atom stereocenters. The minimum Gasteiger partial charge on any atom is -0.339 e. The maximum absolute atomic E-state index is 12.4. The van der Waals surface area contributed by atoms with Crippen LogP contribution in [-0.4, -0.2) is 21.0 Å². The highest BCUT2D eigenvalue weighted by Gasteiger charge is 2.11. The highest BCUT2D eigenvalue weighted by molar-refractivity contribution is 6.30. The zero-order valence-electron chi connectivity index (χ0n) is 15.9. The molecule has 2 heterocycles. The summed E-state index contributed by atoms with van der Waals surface area (Å²) >= 11 is 5.89. The average Bonchev–Trinajstić information content (AvgIpc) is 3.18. The third kappa shape index (κ3) is 4.60. The molecule has 0 radical (unpaired) electrons. The Morgan fingerprint density at radius 2 is 1.90 bits per heavy atom. The van der Waals surface area contributed by atoms with Crippen molar-refractivity contribution < 1.29 is 9.32 Å². The first kappa shape index (κ1) is 19.1. The lowest BCUT2D eigenvalue weighted by Crippen LogP contribution is -2.12. The second-order valence-corrected chi connectivity index (χ2v) is 7.19. The lowest BCUT2D eigenvalue weighted by atomic mass is 10.1. The number of carbonyl (C=O) groups is 1. The van der Waals surface area contributed by atoms with Crippen molar-refractivity contribution in [2.24, 2.45) is 0 Å². The second kappa shape index (κ2) is 8.41. The third-order valence-corrected chi connectivity index (χ3v) is 4.75. The Bertz CT molecular complexity index is 1160. The fourth-order valence-electron chi connectivity index (χ4n) is 3.03. The van der Waals surface area contributed by atoms with Crippen LogP contribution in [0, 0.1) is 6.92 Å². The number of benzene rings is 2. The number of rotatable bonds is 6. The van der Waals surface area contributed by atoms with E-state index in [0.717, 1.165) is 27.8 Å². The number of anilines is 1. The third-order valence-electron chi connectivity index (χ3n) is 4.50. The van der Waals surface area contributed by atoms with Crippen LogP contribution in [0.4, 0.5) is 5.69 Å². The molecule has 0 aliphatic rings. The normalized spacial score (nSPS) is 11.0. The maximum Gasteiger partial charge on any atom is 0.226 e. The summed E-state index contributed by atoms with van der Waals surface area (Å²) in [6, 6.07) is 16.9. The van der Waals surface area contributed by atoms with E-state index in [1.165, 1.54) is 0 Å². The molecule has 29 heavy (non-hydrogen) atoms. The van der Waals surface area contributed by atoms with Crippen LogP contribution in [0.5, 0.6) is 0 Å². The summed E-state index contributed by atoms with van der Waals surface area (Å²) in [5.41, 5.74) is 3.26. The molecule has 0 saturated carbocycles. The Hall–Kier alpha value is -3.25. The van der Waals surface area contributed by atoms with E-state index in [1.807, 2.05) is 49.4 Å². The molecule has 146 valence electrons. The van der Waals surface area contributed by atoms with Crippen molar-refractivity contribution in [2.75, 3.05) is 5.32 Å². The number of aryl methyl sites for hydroxylation is 2. The molecule has 6 nitrogen and oxygen atoms in total. The number of pyridine rings is 1. The summed E-state index contributed by atoms with van der Waals surface area (Å²) in [5, 5.41) is 8.59. The molecule has 0 fully saturated rings. The molecule has 1 amide bonds. The first-order chi connectivity index (χ1) is 14.1. The number of halogens is 1. The number of nitrogens with zero attached hydrogens (tertiary/aromatic N) is 3. The van der Waals surface area contributed by atoms with Crippen LogP contribution in [0.1, 0.15) is 24.4 Å². The Labute approximate surface area is 172 Å². The van der Waals surface area contributed by atoms with Gasteiger partial charge in [-0.1, -0.05) is 35.0 Å². The summed E-state index contributed by atoms with van der Waals surface area (Å²) in [4.78, 5) is 21.3. The standard InChI is InChI=1S/C22H19ClN4O2/c1-14-8-9-15-4-2-5-18(21(15)24-14)25-19(28)6-3-7-20-26-22(27-29-20)16-10-12-17(23)13-11-16/h2,4-5,8-13H,3,6-7H2,1H3,(H,25,28). The van der Waals surface area contributed by atoms with E-state index >= 15 is 0 Å². The molecule has 4 rings (SSSR count). The van der Waals surface area contributed by atoms with Crippen LogP contribution in [0.25, 0.3) is 22.3 Å². The Morgan fingerprint density at radius 1 is 1.07 bits per heavy atom. The topological polar surface area (TPSA) is 80.9 Å². The highest BCUT2D eigenvalue weighted by Crippen LogP contribution is 2.22. The molecular weight excluding hydrogens is 388 g/mol. The van der Waals surface area contributed by atoms with E-state index in [-0.39, 0.29) is 5.91 Å². The SMILES string of the molecule is Cc1ccc2cccc(NC(=O)CCCc3nc(-c4ccc(Cl)cc4)no3)c2n1. The number of para-hydroxylation sites is 1. The number of hydrogen-bond donors (Lipinski definition) is 1. The van der Waals surface area contributed by atoms with Crippen LogP contribution in [-0.2, 0) is 11.2 Å². The lowest BCUT2D eigenvalue weighted by Gasteiger charge is -2.08. The fraction of sp³-hybridized carbons (Fsp3) is 0.182. The molecule has 2 aromatic carbocycles. The minimum absolute atomic E-state index is 0.0711. The van der Waals surface area contributed by atoms with Gasteiger partial charge in [0.25, 0.3) is 0 Å². The number of carbonyl (C=O) groups excluding carboxylic acids is 1. The van der Waals surface area contributed by atoms with Crippen molar-refractivity contribution in [1.29, 1.82) is 0 Å². The largest absolute Gasteiger partial charge is 0.339 e. The first-order valence-corrected chi connectivity index (χ1v) is 9.71. The molecule has 0 saturated heterocycles. The predicted molar refractivity (Wildman–Crippen MR) is 113 cm³/mol. The molecule has 1 N–H and O–H groups in total. The second-order valence-electron chi connectivity index (χ2n) is 6.75. The van der Waals surface area contributed by atoms with Gasteiger partial charge in [0, 0.05) is 34.5 Å². The Kier molecular flexibility index (Phi) is 5.53. The summed E-state index contributed by atoms with van der Waals surface area (Å²) < 4.78 is 5.28. The highest BCUT2D eigenvalue weighted by atomic mass is 35.5. The van der Waals surface area contributed by atoms with Gasteiger partial charge in [0.1, 0.15) is 0 Å². The van der Waals surface area contributed by atoms with Crippen molar-refractivity contribution in [3.63, 3.8) is 0 Å². The van der Waals surface area contributed by atoms with Gasteiger partial charge in [-0.2, -0.15) is 4.98 Å². The van der Waals surface area contributed by atoms with Gasteiger partial charge in [-0.15, -0.1) is 0 Å². The van der Waals surface area contributed by atoms with E-state index in [1.54, 1.807) is 12.1 Å². The van der Waals surface area contributed by atoms with Gasteiger partial charge >= 0.3 is 0 Å². The average molecular weight is 407 g/mol. The predicted octanol–water partition coefficient (Wildman–Crippen LogP) is 5.21. The number of hydrogen-bond acceptors (Lipinski definition) is 5. The van der Waals surface area contributed by atoms with Gasteiger partial charge in [0.05, 0.1) is 11.2 Å². The van der Waals surface area contributed by atoms with Crippen LogP contribution >= 0.6 is 11.6 Å². The van der Waals surface area contributed by atoms with Gasteiger partial charge in [0.2, 0.25) is 17.6 Å². The van der Waals surface area contributed by atoms with E-state index < -0.39 is 0 Å². The zero-order valence-corrected chi connectivity index (χ0v) is 16.6. The monoisotopic (exact) mass is 406 g/mol. The van der Waals surface area contributed by atoms with Crippen molar-refractivity contribution >= 4 is 34.1 Å². The van der Waals surface area contributed by atoms with Crippen LogP contribution in [0.3, 0.4) is 0 Å². The summed E-state index contributed by atoms with van der Waals surface area (Å²) in [5.74, 6) is 0.946. The quantitative estimate of drug-likeness (QED) is 0.475. The molecule has 0 unspecified atom stereocenters. The van der Waals surface area contributed by atoms with Crippen molar-refractivity contribution in [3.05, 3.63) is 71.2 Å². The van der Waals surface area contributed by atoms with Crippen molar-refractivity contribution in [3.8, 4) is 11.4 Å². The number of nitrogens with one attached hydrogen (secondary N) is 1. The number of aromatic nitrogens is 3. The first-order valence-electron chi connectivity index (χ1n) is 9.33. The summed E-state index contributed by atoms with van der Waals surface area (Å²) in [6.07, 6.45) is 1.48. The van der Waals surface area contributed by atoms with Gasteiger partial charge in [0.15, 0.2) is 0 Å². The molecule has 4 aromatic rings. The van der Waals surface area contributed by atoms with Crippen LogP contribution in [0.2, 0.25) is 5.02 Å². The summed E-state index contributed by atoms with van der Waals surface area (Å²) in [7, 11) is 0. The fourth-order valence-corrected chi connectivity index (χ4v) is 3.16. The van der Waals surface area contributed by atoms with E-state index in [2.05, 4.69) is 20.4 Å². The molecule has 7 heteroatoms. The van der Waals surface area contributed by atoms with Gasteiger partial charge < -0.3 is 9.84 Å². The maximum atomic E-state index is 12.4. The zero-order chi connectivity index (χ0) is 20.2. The van der Waals surface area contributed by atoms with E-state index in [9.17, 15) is 4.79 Å². The number of fused-ring (bicyclic) bond motifs is 1. The minimum atomic E-state index is -0.0711. The van der Waals surface area contributed by atoms with E-state index in [0.29, 0.717) is 36.0 Å². The lowest BCUT2D eigenvalue weighted by molar-refractivity contribution is -0.116. The van der Waals surface area contributed by atoms with Crippen LogP contribution in [0.15, 0.2) is 59.1 Å². The van der Waals surface area contributed by atoms with Gasteiger partial charge in [-0.25, -0.2) is 0 Å². The molecule has 0 bridgehead atoms. The molecule has 2 aromatic heterocycles. The van der Waals surface area contributed by atoms with E-state index in [4.69, 9.17) is 16.1 Å². The van der Waals surface area contributed by atoms with Gasteiger partial charge in [-0.3, -0.25) is 9.78 Å². The Balaban J connectivity index is 1.34.